The topological polar surface area (TPSA) is 123 Å². The van der Waals surface area contributed by atoms with E-state index in [0.29, 0.717) is 18.7 Å². The third kappa shape index (κ3) is 4.34. The van der Waals surface area contributed by atoms with E-state index in [9.17, 15) is 23.3 Å². The summed E-state index contributed by atoms with van der Waals surface area (Å²) in [5.74, 6) is -1.26. The third-order valence-corrected chi connectivity index (χ3v) is 6.24. The number of nitrogens with zero attached hydrogens (tertiary/aromatic N) is 2. The van der Waals surface area contributed by atoms with Crippen LogP contribution in [0.4, 0.5) is 5.88 Å². The van der Waals surface area contributed by atoms with Gasteiger partial charge in [0.1, 0.15) is 4.92 Å². The van der Waals surface area contributed by atoms with Crippen molar-refractivity contribution >= 4 is 21.8 Å². The lowest BCUT2D eigenvalue weighted by Crippen LogP contribution is -2.35. The molecule has 0 atom stereocenters. The van der Waals surface area contributed by atoms with Gasteiger partial charge in [-0.15, -0.1) is 0 Å². The smallest absolute Gasteiger partial charge is 0.395 e. The Morgan fingerprint density at radius 3 is 2.37 bits per heavy atom. The van der Waals surface area contributed by atoms with Crippen LogP contribution >= 0.6 is 0 Å². The van der Waals surface area contributed by atoms with Crippen molar-refractivity contribution in [3.8, 4) is 0 Å². The van der Waals surface area contributed by atoms with Gasteiger partial charge in [-0.3, -0.25) is 14.9 Å². The van der Waals surface area contributed by atoms with Gasteiger partial charge in [-0.05, 0) is 36.6 Å². The van der Waals surface area contributed by atoms with E-state index in [0.717, 1.165) is 25.3 Å². The van der Waals surface area contributed by atoms with Crippen LogP contribution in [-0.2, 0) is 16.6 Å². The normalized spacial score (nSPS) is 15.4. The lowest BCUT2D eigenvalue weighted by molar-refractivity contribution is -0.402. The summed E-state index contributed by atoms with van der Waals surface area (Å²) in [6.45, 7) is 1.21. The summed E-state index contributed by atoms with van der Waals surface area (Å²) >= 11 is 0. The summed E-state index contributed by atoms with van der Waals surface area (Å²) in [7, 11) is -3.49. The molecule has 0 unspecified atom stereocenters. The molecule has 0 spiro atoms. The molecular formula is C17H19N3O6S. The molecule has 0 bridgehead atoms. The number of amides is 1. The van der Waals surface area contributed by atoms with Gasteiger partial charge in [0.05, 0.1) is 11.0 Å². The van der Waals surface area contributed by atoms with Gasteiger partial charge in [-0.2, -0.15) is 4.31 Å². The maximum absolute atomic E-state index is 12.6. The van der Waals surface area contributed by atoms with Gasteiger partial charge in [0.25, 0.3) is 5.91 Å². The summed E-state index contributed by atoms with van der Waals surface area (Å²) in [6.07, 6.45) is 2.78. The van der Waals surface area contributed by atoms with Gasteiger partial charge in [-0.1, -0.05) is 18.6 Å². The molecule has 10 heteroatoms. The highest BCUT2D eigenvalue weighted by atomic mass is 32.2. The molecule has 9 nitrogen and oxygen atoms in total. The lowest BCUT2D eigenvalue weighted by Gasteiger charge is -2.25. The number of sulfonamides is 1. The lowest BCUT2D eigenvalue weighted by atomic mass is 10.2. The van der Waals surface area contributed by atoms with Crippen molar-refractivity contribution in [1.29, 1.82) is 0 Å². The van der Waals surface area contributed by atoms with Gasteiger partial charge in [0.15, 0.2) is 5.76 Å². The first-order valence-corrected chi connectivity index (χ1v) is 9.93. The fourth-order valence-corrected chi connectivity index (χ4v) is 4.37. The molecule has 2 aromatic rings. The van der Waals surface area contributed by atoms with Crippen LogP contribution in [0.3, 0.4) is 0 Å². The van der Waals surface area contributed by atoms with Gasteiger partial charge in [0.2, 0.25) is 10.0 Å². The van der Waals surface area contributed by atoms with E-state index in [2.05, 4.69) is 5.32 Å². The first-order chi connectivity index (χ1) is 12.9. The Hall–Kier alpha value is -2.72. The minimum Gasteiger partial charge on any atom is -0.395 e. The van der Waals surface area contributed by atoms with Crippen LogP contribution in [0, 0.1) is 10.1 Å². The van der Waals surface area contributed by atoms with Crippen LogP contribution in [0.1, 0.15) is 35.4 Å². The molecule has 1 N–H and O–H groups in total. The minimum atomic E-state index is -3.49. The largest absolute Gasteiger partial charge is 0.433 e. The Kier molecular flexibility index (Phi) is 5.57. The van der Waals surface area contributed by atoms with E-state index < -0.39 is 26.7 Å². The SMILES string of the molecule is O=C(NCc1ccc(S(=O)(=O)N2CCCCC2)cc1)c1ccc([N+](=O)[O-])o1. The van der Waals surface area contributed by atoms with Crippen LogP contribution in [-0.4, -0.2) is 36.6 Å². The highest BCUT2D eigenvalue weighted by Crippen LogP contribution is 2.21. The number of hydrogen-bond donors (Lipinski definition) is 1. The van der Waals surface area contributed by atoms with E-state index in [1.54, 1.807) is 12.1 Å². The molecule has 1 aromatic heterocycles. The number of piperidine rings is 1. The van der Waals surface area contributed by atoms with Crippen molar-refractivity contribution in [3.63, 3.8) is 0 Å². The van der Waals surface area contributed by atoms with Gasteiger partial charge < -0.3 is 9.73 Å². The summed E-state index contributed by atoms with van der Waals surface area (Å²) in [5.41, 5.74) is 0.696. The van der Waals surface area contributed by atoms with E-state index in [1.807, 2.05) is 0 Å². The average Bonchev–Trinajstić information content (AvgIpc) is 3.18. The number of nitrogens with one attached hydrogen (secondary N) is 1. The first kappa shape index (κ1) is 19.1. The summed E-state index contributed by atoms with van der Waals surface area (Å²) in [5, 5.41) is 13.1. The van der Waals surface area contributed by atoms with Crippen LogP contribution in [0.2, 0.25) is 0 Å². The molecule has 0 radical (unpaired) electrons. The minimum absolute atomic E-state index is 0.136. The first-order valence-electron chi connectivity index (χ1n) is 8.49. The molecule has 1 saturated heterocycles. The zero-order valence-corrected chi connectivity index (χ0v) is 15.3. The highest BCUT2D eigenvalue weighted by Gasteiger charge is 2.25. The Bertz CT molecular complexity index is 930. The molecule has 3 rings (SSSR count). The second-order valence-electron chi connectivity index (χ2n) is 6.19. The van der Waals surface area contributed by atoms with Crippen molar-refractivity contribution in [3.05, 3.63) is 57.8 Å². The number of carbonyl (C=O) groups is 1. The molecule has 1 aliphatic rings. The third-order valence-electron chi connectivity index (χ3n) is 4.32. The average molecular weight is 393 g/mol. The Balaban J connectivity index is 1.61. The number of carbonyl (C=O) groups excluding carboxylic acids is 1. The highest BCUT2D eigenvalue weighted by molar-refractivity contribution is 7.89. The van der Waals surface area contributed by atoms with Crippen molar-refractivity contribution < 1.29 is 22.6 Å². The maximum Gasteiger partial charge on any atom is 0.433 e. The molecule has 1 aromatic carbocycles. The molecular weight excluding hydrogens is 374 g/mol. The molecule has 2 heterocycles. The number of rotatable bonds is 6. The quantitative estimate of drug-likeness (QED) is 0.593. The second kappa shape index (κ2) is 7.89. The molecule has 27 heavy (non-hydrogen) atoms. The van der Waals surface area contributed by atoms with Crippen molar-refractivity contribution in [2.24, 2.45) is 0 Å². The zero-order chi connectivity index (χ0) is 19.4. The second-order valence-corrected chi connectivity index (χ2v) is 8.12. The molecule has 0 aliphatic carbocycles. The Morgan fingerprint density at radius 2 is 1.78 bits per heavy atom. The molecule has 1 fully saturated rings. The molecule has 0 saturated carbocycles. The van der Waals surface area contributed by atoms with E-state index in [1.165, 1.54) is 22.5 Å². The van der Waals surface area contributed by atoms with Crippen molar-refractivity contribution in [2.45, 2.75) is 30.7 Å². The predicted molar refractivity (Wildman–Crippen MR) is 95.6 cm³/mol. The zero-order valence-electron chi connectivity index (χ0n) is 14.5. The fourth-order valence-electron chi connectivity index (χ4n) is 2.85. The van der Waals surface area contributed by atoms with Crippen molar-refractivity contribution in [1.82, 2.24) is 9.62 Å². The number of benzene rings is 1. The van der Waals surface area contributed by atoms with Crippen molar-refractivity contribution in [2.75, 3.05) is 13.1 Å². The van der Waals surface area contributed by atoms with Crippen LogP contribution in [0.5, 0.6) is 0 Å². The predicted octanol–water partition coefficient (Wildman–Crippen LogP) is 2.29. The fraction of sp³-hybridized carbons (Fsp3) is 0.353. The monoisotopic (exact) mass is 393 g/mol. The van der Waals surface area contributed by atoms with E-state index in [4.69, 9.17) is 4.42 Å². The molecule has 1 aliphatic heterocycles. The maximum atomic E-state index is 12.6. The van der Waals surface area contributed by atoms with Gasteiger partial charge >= 0.3 is 5.88 Å². The van der Waals surface area contributed by atoms with Crippen LogP contribution in [0.15, 0.2) is 45.7 Å². The summed E-state index contributed by atoms with van der Waals surface area (Å²) < 4.78 is 31.5. The number of nitro groups is 1. The van der Waals surface area contributed by atoms with Gasteiger partial charge in [-0.25, -0.2) is 8.42 Å². The summed E-state index contributed by atoms with van der Waals surface area (Å²) in [4.78, 5) is 22.0. The van der Waals surface area contributed by atoms with E-state index in [-0.39, 0.29) is 17.2 Å². The Labute approximate surface area is 156 Å². The summed E-state index contributed by atoms with van der Waals surface area (Å²) in [6, 6.07) is 8.62. The van der Waals surface area contributed by atoms with Crippen LogP contribution in [0.25, 0.3) is 0 Å². The molecule has 144 valence electrons. The van der Waals surface area contributed by atoms with E-state index >= 15 is 0 Å². The standard InChI is InChI=1S/C17H19N3O6S/c21-17(15-8-9-16(26-15)20(22)23)18-12-13-4-6-14(7-5-13)27(24,25)19-10-2-1-3-11-19/h4-9H,1-3,10-12H2,(H,18,21). The molecule has 1 amide bonds. The number of hydrogen-bond acceptors (Lipinski definition) is 6. The van der Waals surface area contributed by atoms with Crippen LogP contribution < -0.4 is 5.32 Å². The Morgan fingerprint density at radius 1 is 1.11 bits per heavy atom. The number of furan rings is 1. The van der Waals surface area contributed by atoms with Gasteiger partial charge in [0, 0.05) is 19.6 Å².